The van der Waals surface area contributed by atoms with Crippen LogP contribution in [0, 0.1) is 0 Å². The van der Waals surface area contributed by atoms with E-state index in [2.05, 4.69) is 508 Å². The zero-order valence-electron chi connectivity index (χ0n) is 64.9. The Morgan fingerprint density at radius 3 is 0.933 bits per heavy atom. The van der Waals surface area contributed by atoms with Gasteiger partial charge in [-0.3, -0.25) is 0 Å². The summed E-state index contributed by atoms with van der Waals surface area (Å²) in [5.74, 6) is 0. The summed E-state index contributed by atoms with van der Waals surface area (Å²) in [6.07, 6.45) is 0. The Bertz CT molecular complexity index is 7360. The molecule has 0 aliphatic carbocycles. The molecule has 570 valence electrons. The molecular formula is C108H79BrN6P4-2. The summed E-state index contributed by atoms with van der Waals surface area (Å²) < 4.78 is 10.6. The van der Waals surface area contributed by atoms with Crippen LogP contribution in [0.4, 0.5) is 28.4 Å². The Kier molecular flexibility index (Phi) is 21.9. The molecule has 0 amide bonds. The van der Waals surface area contributed by atoms with Crippen LogP contribution >= 0.6 is 49.7 Å². The first kappa shape index (κ1) is 76.0. The fraction of sp³-hybridized carbons (Fsp3) is 0. The number of hydrogen-bond donors (Lipinski definition) is 1. The van der Waals surface area contributed by atoms with Crippen molar-refractivity contribution in [3.05, 3.63) is 453 Å². The van der Waals surface area contributed by atoms with Crippen LogP contribution in [0.25, 0.3) is 154 Å². The molecule has 1 unspecified atom stereocenters. The number of benzene rings is 18. The fourth-order valence-corrected chi connectivity index (χ4v) is 17.4. The van der Waals surface area contributed by atoms with Gasteiger partial charge in [0.15, 0.2) is 0 Å². The Hall–Kier alpha value is -13.0. The minimum absolute atomic E-state index is 0.0926. The van der Waals surface area contributed by atoms with Gasteiger partial charge in [-0.1, -0.05) is 319 Å². The van der Waals surface area contributed by atoms with Crippen LogP contribution in [0.3, 0.4) is 0 Å². The van der Waals surface area contributed by atoms with Crippen LogP contribution in [0.5, 0.6) is 0 Å². The van der Waals surface area contributed by atoms with Gasteiger partial charge in [0.1, 0.15) is 0 Å². The molecule has 22 rings (SSSR count). The van der Waals surface area contributed by atoms with E-state index >= 15 is 0 Å². The molecule has 1 N–H and O–H groups in total. The van der Waals surface area contributed by atoms with Gasteiger partial charge in [0.2, 0.25) is 0 Å². The zero-order valence-corrected chi connectivity index (χ0v) is 70.5. The second-order valence-electron chi connectivity index (χ2n) is 29.3. The van der Waals surface area contributed by atoms with Gasteiger partial charge in [-0.25, -0.2) is 0 Å². The number of anilines is 5. The molecule has 0 aliphatic rings. The van der Waals surface area contributed by atoms with Crippen molar-refractivity contribution in [3.63, 3.8) is 0 Å². The van der Waals surface area contributed by atoms with Crippen LogP contribution in [0.15, 0.2) is 453 Å². The third kappa shape index (κ3) is 15.4. The average molecular weight is 1660 g/mol. The summed E-state index contributed by atoms with van der Waals surface area (Å²) in [5, 5.41) is 13.6. The van der Waals surface area contributed by atoms with Crippen molar-refractivity contribution in [2.24, 2.45) is 0 Å². The average Bonchev–Trinajstić information content (AvgIpc) is 1.62. The van der Waals surface area contributed by atoms with E-state index in [0.717, 1.165) is 60.9 Å². The third-order valence-corrected chi connectivity index (χ3v) is 22.8. The number of hydrogen-bond acceptors (Lipinski definition) is 2. The smallest absolute Gasteiger partial charge is 0.0561 e. The Labute approximate surface area is 709 Å². The highest BCUT2D eigenvalue weighted by molar-refractivity contribution is 9.10. The quantitative estimate of drug-likeness (QED) is 0.117. The first-order valence-electron chi connectivity index (χ1n) is 39.8. The van der Waals surface area contributed by atoms with E-state index in [4.69, 9.17) is 0 Å². The second-order valence-corrected chi connectivity index (χ2v) is 39.8. The summed E-state index contributed by atoms with van der Waals surface area (Å²) in [6.45, 7) is -0.0926. The number of nitrogens with zero attached hydrogens (tertiary/aromatic N) is 5. The highest BCUT2D eigenvalue weighted by Crippen LogP contribution is 2.60. The summed E-state index contributed by atoms with van der Waals surface area (Å²) in [6, 6.07) is 160. The van der Waals surface area contributed by atoms with Gasteiger partial charge in [-0.15, -0.1) is 0 Å². The molecule has 0 spiro atoms. The molecule has 6 nitrogen and oxygen atoms in total. The molecule has 119 heavy (non-hydrogen) atoms. The molecule has 0 radical (unpaired) electrons. The minimum atomic E-state index is -0.0926. The maximum atomic E-state index is 3.69. The van der Waals surface area contributed by atoms with E-state index in [1.807, 2.05) is 12.1 Å². The molecule has 11 heteroatoms. The molecule has 0 aliphatic heterocycles. The Balaban J connectivity index is 0.000000127. The van der Waals surface area contributed by atoms with E-state index < -0.39 is 0 Å². The summed E-state index contributed by atoms with van der Waals surface area (Å²) in [7, 11) is 9.06. The van der Waals surface area contributed by atoms with E-state index in [9.17, 15) is 0 Å². The standard InChI is InChI=1S/C54H37N3.C30H22N2.C24H16BrN.H4P4/c1-4-16-38(17-5-1)39-28-31-43(32-29-39)55(44-33-35-49-47-24-12-15-27-52(47)57(54(49)37-44)42-20-8-3-9-21-42)50-25-13-10-22-45(50)40-30-34-48-46-23-11-14-26-51(46)56(53(48)36-40)41-18-6-2-7-19-41;1-3-9-22(10-4-1)23-15-17-24(18-16-23)31-25-19-20-28-27-13-7-8-14-29(27)32(30(28)21-25)26-11-5-2-6-12-26;25-22-12-6-4-10-19(22)17-14-15-21-20-11-5-7-13-23(20)26(24(21)16-17)18-8-2-1-3-9-18;1-4(2)3/h1-37H;1-21,31H;1-16H;1-2H,3H2/q;;;-2. The first-order chi connectivity index (χ1) is 58.7. The number of halogens is 1. The molecule has 18 aromatic carbocycles. The minimum Gasteiger partial charge on any atom is -0.554 e. The van der Waals surface area contributed by atoms with Gasteiger partial charge in [-0.05, 0) is 185 Å². The van der Waals surface area contributed by atoms with Gasteiger partial charge in [0.25, 0.3) is 0 Å². The molecule has 0 saturated carbocycles. The third-order valence-electron chi connectivity index (χ3n) is 22.1. The molecule has 0 bridgehead atoms. The van der Waals surface area contributed by atoms with Crippen molar-refractivity contribution in [2.75, 3.05) is 10.2 Å². The lowest BCUT2D eigenvalue weighted by molar-refractivity contribution is 1.18. The first-order valence-corrected chi connectivity index (χ1v) is 46.2. The highest BCUT2D eigenvalue weighted by Gasteiger charge is 2.23. The predicted molar refractivity (Wildman–Crippen MR) is 524 cm³/mol. The number of para-hydroxylation sites is 9. The van der Waals surface area contributed by atoms with E-state index in [-0.39, 0.29) is 6.99 Å². The van der Waals surface area contributed by atoms with Crippen molar-refractivity contribution in [2.45, 2.75) is 0 Å². The SMILES string of the molecule is Brc1ccccc1-c1ccc2c3ccccc3n(-c3ccccc3)c2c1.[PH-]P([PH-])P.c1ccc(-c2ccc(N(c3ccc4c5ccccc5n(-c5ccccc5)c4c3)c3ccccc3-c3ccc4c5ccccc5n(-c5ccccc5)c4c3)cc2)cc1.c1ccc(-c2ccc(Nc3ccc4c5ccccc5n(-c5ccccc5)c4c3)cc2)cc1. The normalized spacial score (nSPS) is 11.3. The predicted octanol–water partition coefficient (Wildman–Crippen LogP) is 32.5. The van der Waals surface area contributed by atoms with Crippen LogP contribution in [0.2, 0.25) is 0 Å². The molecule has 0 fully saturated rings. The van der Waals surface area contributed by atoms with Crippen molar-refractivity contribution in [1.29, 1.82) is 0 Å². The lowest BCUT2D eigenvalue weighted by Crippen LogP contribution is -2.11. The molecule has 0 saturated heterocycles. The number of aromatic nitrogens is 4. The van der Waals surface area contributed by atoms with E-state index in [1.54, 1.807) is 0 Å². The zero-order chi connectivity index (χ0) is 80.1. The number of rotatable bonds is 13. The Morgan fingerprint density at radius 1 is 0.235 bits per heavy atom. The van der Waals surface area contributed by atoms with E-state index in [0.29, 0.717) is 0 Å². The molecular weight excluding hydrogens is 1590 g/mol. The van der Waals surface area contributed by atoms with Crippen molar-refractivity contribution in [1.82, 2.24) is 18.3 Å². The maximum Gasteiger partial charge on any atom is 0.0561 e. The topological polar surface area (TPSA) is 35.0 Å². The fourth-order valence-electron chi connectivity index (χ4n) is 16.9. The van der Waals surface area contributed by atoms with E-state index in [1.165, 1.54) is 126 Å². The molecule has 4 heterocycles. The lowest BCUT2D eigenvalue weighted by atomic mass is 9.99. The Morgan fingerprint density at radius 2 is 0.513 bits per heavy atom. The van der Waals surface area contributed by atoms with Gasteiger partial charge < -0.3 is 53.3 Å². The van der Waals surface area contributed by atoms with Crippen LogP contribution in [-0.2, 0) is 0 Å². The van der Waals surface area contributed by atoms with Gasteiger partial charge in [0.05, 0.1) is 49.8 Å². The summed E-state index contributed by atoms with van der Waals surface area (Å²) >= 11 is 3.69. The highest BCUT2D eigenvalue weighted by atomic mass is 79.9. The van der Waals surface area contributed by atoms with Crippen molar-refractivity contribution >= 4 is 165 Å². The number of nitrogens with one attached hydrogen (secondary N) is 1. The van der Waals surface area contributed by atoms with Crippen LogP contribution in [0.1, 0.15) is 0 Å². The second kappa shape index (κ2) is 34.3. The largest absolute Gasteiger partial charge is 0.554 e. The molecule has 4 aromatic heterocycles. The van der Waals surface area contributed by atoms with Gasteiger partial charge in [0, 0.05) is 98.6 Å². The van der Waals surface area contributed by atoms with Crippen LogP contribution in [-0.4, -0.2) is 18.3 Å². The summed E-state index contributed by atoms with van der Waals surface area (Å²) in [4.78, 5) is 2.42. The van der Waals surface area contributed by atoms with Crippen molar-refractivity contribution in [3.8, 4) is 67.3 Å². The van der Waals surface area contributed by atoms with Gasteiger partial charge in [-0.2, -0.15) is 8.93 Å². The molecule has 22 aromatic rings. The summed E-state index contributed by atoms with van der Waals surface area (Å²) in [5.41, 5.74) is 29.3. The number of fused-ring (bicyclic) bond motifs is 12. The van der Waals surface area contributed by atoms with Gasteiger partial charge >= 0.3 is 0 Å². The lowest BCUT2D eigenvalue weighted by Gasteiger charge is -2.28. The monoisotopic (exact) mass is 1660 g/mol. The maximum absolute atomic E-state index is 3.69. The molecule has 1 atom stereocenters. The van der Waals surface area contributed by atoms with Crippen molar-refractivity contribution < 1.29 is 0 Å². The van der Waals surface area contributed by atoms with Crippen LogP contribution < -0.4 is 10.2 Å².